The van der Waals surface area contributed by atoms with Gasteiger partial charge in [-0.15, -0.1) is 0 Å². The van der Waals surface area contributed by atoms with Crippen molar-refractivity contribution in [1.29, 1.82) is 0 Å². The zero-order chi connectivity index (χ0) is 20.4. The Hall–Kier alpha value is -1.62. The molecule has 3 heterocycles. The predicted octanol–water partition coefficient (Wildman–Crippen LogP) is 1.84. The van der Waals surface area contributed by atoms with Crippen molar-refractivity contribution < 1.29 is 17.9 Å². The molecule has 0 aliphatic carbocycles. The number of benzene rings is 1. The Morgan fingerprint density at radius 1 is 1.28 bits per heavy atom. The van der Waals surface area contributed by atoms with Crippen LogP contribution in [0.5, 0.6) is 0 Å². The van der Waals surface area contributed by atoms with Crippen LogP contribution in [0.1, 0.15) is 26.2 Å². The molecule has 10 heteroatoms. The minimum Gasteiger partial charge on any atom is -0.379 e. The van der Waals surface area contributed by atoms with Crippen LogP contribution in [0.15, 0.2) is 28.3 Å². The molecule has 0 saturated carbocycles. The number of imidazole rings is 1. The van der Waals surface area contributed by atoms with Gasteiger partial charge in [0.25, 0.3) is 0 Å². The number of carbonyl (C=O) groups is 1. The second-order valence-electron chi connectivity index (χ2n) is 7.20. The fourth-order valence-electron chi connectivity index (χ4n) is 3.73. The molecule has 8 nitrogen and oxygen atoms in total. The highest BCUT2D eigenvalue weighted by Crippen LogP contribution is 2.32. The summed E-state index contributed by atoms with van der Waals surface area (Å²) >= 11 is 1.47. The summed E-state index contributed by atoms with van der Waals surface area (Å²) in [6.07, 6.45) is 2.82. The molecule has 1 amide bonds. The summed E-state index contributed by atoms with van der Waals surface area (Å²) in [6.45, 7) is 5.00. The van der Waals surface area contributed by atoms with Crippen LogP contribution in [0, 0.1) is 0 Å². The summed E-state index contributed by atoms with van der Waals surface area (Å²) < 4.78 is 34.7. The predicted molar refractivity (Wildman–Crippen MR) is 111 cm³/mol. The number of sulfonamides is 1. The first-order valence-electron chi connectivity index (χ1n) is 10.0. The summed E-state index contributed by atoms with van der Waals surface area (Å²) in [6, 6.07) is 5.10. The highest BCUT2D eigenvalue weighted by Gasteiger charge is 2.28. The van der Waals surface area contributed by atoms with Gasteiger partial charge in [-0.05, 0) is 38.0 Å². The van der Waals surface area contributed by atoms with Gasteiger partial charge in [-0.1, -0.05) is 18.2 Å². The molecule has 2 saturated heterocycles. The third kappa shape index (κ3) is 4.16. The van der Waals surface area contributed by atoms with Gasteiger partial charge in [0, 0.05) is 26.2 Å². The number of ether oxygens (including phenoxy) is 1. The number of nitrogens with one attached hydrogen (secondary N) is 1. The number of carbonyl (C=O) groups excluding carboxylic acids is 1. The first-order valence-corrected chi connectivity index (χ1v) is 12.3. The SMILES string of the molecule is CCn1c(SC2CCCCNC2=O)nc2cc(S(=O)(=O)N3CCOCC3)ccc21. The van der Waals surface area contributed by atoms with E-state index in [0.717, 1.165) is 36.5 Å². The number of amides is 1. The van der Waals surface area contributed by atoms with Crippen LogP contribution in [0.4, 0.5) is 0 Å². The van der Waals surface area contributed by atoms with Crippen molar-refractivity contribution in [3.63, 3.8) is 0 Å². The topological polar surface area (TPSA) is 93.5 Å². The molecular formula is C19H26N4O4S2. The Morgan fingerprint density at radius 3 is 2.83 bits per heavy atom. The van der Waals surface area contributed by atoms with E-state index in [1.807, 2.05) is 17.6 Å². The monoisotopic (exact) mass is 438 g/mol. The van der Waals surface area contributed by atoms with E-state index in [0.29, 0.717) is 38.4 Å². The average Bonchev–Trinajstić information content (AvgIpc) is 2.96. The largest absolute Gasteiger partial charge is 0.379 e. The van der Waals surface area contributed by atoms with E-state index in [2.05, 4.69) is 5.32 Å². The third-order valence-corrected chi connectivity index (χ3v) is 8.49. The van der Waals surface area contributed by atoms with Crippen LogP contribution in [-0.4, -0.2) is 66.3 Å². The van der Waals surface area contributed by atoms with Crippen molar-refractivity contribution in [2.24, 2.45) is 0 Å². The lowest BCUT2D eigenvalue weighted by molar-refractivity contribution is -0.120. The number of fused-ring (bicyclic) bond motifs is 1. The molecule has 29 heavy (non-hydrogen) atoms. The van der Waals surface area contributed by atoms with Gasteiger partial charge in [0.1, 0.15) is 0 Å². The fraction of sp³-hybridized carbons (Fsp3) is 0.579. The molecule has 2 aliphatic heterocycles. The Morgan fingerprint density at radius 2 is 2.07 bits per heavy atom. The fourth-order valence-corrected chi connectivity index (χ4v) is 6.39. The van der Waals surface area contributed by atoms with Crippen molar-refractivity contribution in [2.45, 2.75) is 48.0 Å². The van der Waals surface area contributed by atoms with Crippen LogP contribution in [0.2, 0.25) is 0 Å². The van der Waals surface area contributed by atoms with Gasteiger partial charge in [-0.2, -0.15) is 4.31 Å². The number of hydrogen-bond acceptors (Lipinski definition) is 6. The number of aromatic nitrogens is 2. The standard InChI is InChI=1S/C19H26N4O4S2/c1-2-23-16-7-6-14(29(25,26)22-9-11-27-12-10-22)13-15(16)21-19(23)28-17-5-3-4-8-20-18(17)24/h6-7,13,17H,2-5,8-12H2,1H3,(H,20,24). The molecular weight excluding hydrogens is 412 g/mol. The molecule has 2 aliphatic rings. The Labute approximate surface area is 175 Å². The number of morpholine rings is 1. The Bertz CT molecular complexity index is 999. The van der Waals surface area contributed by atoms with Gasteiger partial charge in [-0.25, -0.2) is 13.4 Å². The van der Waals surface area contributed by atoms with E-state index in [4.69, 9.17) is 9.72 Å². The molecule has 1 unspecified atom stereocenters. The molecule has 4 rings (SSSR count). The van der Waals surface area contributed by atoms with E-state index in [9.17, 15) is 13.2 Å². The lowest BCUT2D eigenvalue weighted by Gasteiger charge is -2.26. The van der Waals surface area contributed by atoms with Crippen LogP contribution < -0.4 is 5.32 Å². The zero-order valence-electron chi connectivity index (χ0n) is 16.5. The zero-order valence-corrected chi connectivity index (χ0v) is 18.1. The number of rotatable bonds is 5. The van der Waals surface area contributed by atoms with Crippen molar-refractivity contribution in [3.05, 3.63) is 18.2 Å². The van der Waals surface area contributed by atoms with Crippen LogP contribution >= 0.6 is 11.8 Å². The molecule has 0 radical (unpaired) electrons. The van der Waals surface area contributed by atoms with E-state index in [-0.39, 0.29) is 16.1 Å². The molecule has 158 valence electrons. The molecule has 1 N–H and O–H groups in total. The summed E-state index contributed by atoms with van der Waals surface area (Å²) in [7, 11) is -3.57. The first kappa shape index (κ1) is 20.6. The average molecular weight is 439 g/mol. The molecule has 1 aromatic carbocycles. The maximum Gasteiger partial charge on any atom is 0.243 e. The van der Waals surface area contributed by atoms with E-state index < -0.39 is 10.0 Å². The molecule has 2 aromatic rings. The van der Waals surface area contributed by atoms with Gasteiger partial charge in [0.2, 0.25) is 15.9 Å². The van der Waals surface area contributed by atoms with Crippen LogP contribution in [0.3, 0.4) is 0 Å². The second kappa shape index (κ2) is 8.63. The van der Waals surface area contributed by atoms with Crippen molar-refractivity contribution in [2.75, 3.05) is 32.8 Å². The molecule has 2 fully saturated rings. The highest BCUT2D eigenvalue weighted by molar-refractivity contribution is 8.00. The van der Waals surface area contributed by atoms with Crippen molar-refractivity contribution >= 4 is 38.7 Å². The number of nitrogens with zero attached hydrogens (tertiary/aromatic N) is 3. The van der Waals surface area contributed by atoms with Gasteiger partial charge in [-0.3, -0.25) is 4.79 Å². The minimum atomic E-state index is -3.57. The Kier molecular flexibility index (Phi) is 6.14. The van der Waals surface area contributed by atoms with Crippen molar-refractivity contribution in [1.82, 2.24) is 19.2 Å². The number of hydrogen-bond donors (Lipinski definition) is 1. The molecule has 1 atom stereocenters. The van der Waals surface area contributed by atoms with E-state index in [1.54, 1.807) is 12.1 Å². The van der Waals surface area contributed by atoms with Crippen LogP contribution in [0.25, 0.3) is 11.0 Å². The van der Waals surface area contributed by atoms with E-state index in [1.165, 1.54) is 16.1 Å². The lowest BCUT2D eigenvalue weighted by atomic mass is 10.2. The van der Waals surface area contributed by atoms with Gasteiger partial charge >= 0.3 is 0 Å². The van der Waals surface area contributed by atoms with Crippen molar-refractivity contribution in [3.8, 4) is 0 Å². The highest BCUT2D eigenvalue weighted by atomic mass is 32.2. The van der Waals surface area contributed by atoms with E-state index >= 15 is 0 Å². The Balaban J connectivity index is 1.66. The van der Waals surface area contributed by atoms with Gasteiger partial charge < -0.3 is 14.6 Å². The third-order valence-electron chi connectivity index (χ3n) is 5.34. The normalized spacial score (nSPS) is 21.8. The summed E-state index contributed by atoms with van der Waals surface area (Å²) in [5.74, 6) is 0.0535. The summed E-state index contributed by atoms with van der Waals surface area (Å²) in [5, 5.41) is 3.54. The summed E-state index contributed by atoms with van der Waals surface area (Å²) in [4.78, 5) is 17.3. The minimum absolute atomic E-state index is 0.0535. The quantitative estimate of drug-likeness (QED) is 0.766. The van der Waals surface area contributed by atoms with Gasteiger partial charge in [0.05, 0.1) is 34.4 Å². The molecule has 0 bridgehead atoms. The summed E-state index contributed by atoms with van der Waals surface area (Å²) in [5.41, 5.74) is 1.52. The second-order valence-corrected chi connectivity index (χ2v) is 10.3. The maximum absolute atomic E-state index is 13.0. The van der Waals surface area contributed by atoms with Gasteiger partial charge in [0.15, 0.2) is 5.16 Å². The molecule has 1 aromatic heterocycles. The number of thioether (sulfide) groups is 1. The van der Waals surface area contributed by atoms with Crippen LogP contribution in [-0.2, 0) is 26.1 Å². The first-order chi connectivity index (χ1) is 14.0. The molecule has 0 spiro atoms. The smallest absolute Gasteiger partial charge is 0.243 e. The lowest BCUT2D eigenvalue weighted by Crippen LogP contribution is -2.40. The number of aryl methyl sites for hydroxylation is 1. The maximum atomic E-state index is 13.0.